The van der Waals surface area contributed by atoms with E-state index in [2.05, 4.69) is 0 Å². The van der Waals surface area contributed by atoms with Gasteiger partial charge in [0.05, 0.1) is 6.61 Å². The molecule has 0 fully saturated rings. The van der Waals surface area contributed by atoms with Crippen LogP contribution in [0.4, 0.5) is 0 Å². The Morgan fingerprint density at radius 3 is 2.83 bits per heavy atom. The van der Waals surface area contributed by atoms with Gasteiger partial charge in [-0.15, -0.1) is 0 Å². The Morgan fingerprint density at radius 1 is 1.12 bits per heavy atom. The molecule has 2 aliphatic rings. The quantitative estimate of drug-likeness (QED) is 0.867. The Morgan fingerprint density at radius 2 is 1.96 bits per heavy atom. The average Bonchev–Trinajstić information content (AvgIpc) is 2.61. The molecule has 2 aromatic rings. The van der Waals surface area contributed by atoms with Crippen molar-refractivity contribution in [1.29, 1.82) is 0 Å². The number of fused-ring (bicyclic) bond motifs is 3. The molecule has 0 aromatic heterocycles. The van der Waals surface area contributed by atoms with Gasteiger partial charge < -0.3 is 14.2 Å². The van der Waals surface area contributed by atoms with Crippen molar-refractivity contribution < 1.29 is 19.0 Å². The lowest BCUT2D eigenvalue weighted by Gasteiger charge is -2.31. The number of carbonyl (C=O) groups is 1. The minimum Gasteiger partial charge on any atom is -0.494 e. The first-order chi connectivity index (χ1) is 11.8. The van der Waals surface area contributed by atoms with Gasteiger partial charge in [0, 0.05) is 29.9 Å². The van der Waals surface area contributed by atoms with E-state index in [1.165, 1.54) is 0 Å². The summed E-state index contributed by atoms with van der Waals surface area (Å²) in [7, 11) is 0. The van der Waals surface area contributed by atoms with E-state index in [4.69, 9.17) is 14.2 Å². The van der Waals surface area contributed by atoms with E-state index >= 15 is 0 Å². The molecule has 4 nitrogen and oxygen atoms in total. The van der Waals surface area contributed by atoms with E-state index in [9.17, 15) is 4.79 Å². The third-order valence-corrected chi connectivity index (χ3v) is 4.60. The monoisotopic (exact) mass is 324 g/mol. The summed E-state index contributed by atoms with van der Waals surface area (Å²) in [6.45, 7) is 3.66. The number of para-hydroxylation sites is 1. The van der Waals surface area contributed by atoms with Crippen LogP contribution in [0.2, 0.25) is 0 Å². The van der Waals surface area contributed by atoms with Crippen LogP contribution in [0.1, 0.15) is 36.0 Å². The SMILES string of the molecule is CCOc1ccccc1C1CC(=O)Cc2ccc3c(c21)OCCO3. The molecule has 24 heavy (non-hydrogen) atoms. The molecule has 1 aliphatic carbocycles. The fourth-order valence-corrected chi connectivity index (χ4v) is 3.65. The summed E-state index contributed by atoms with van der Waals surface area (Å²) in [4.78, 5) is 12.3. The van der Waals surface area contributed by atoms with Crippen molar-refractivity contribution in [3.05, 3.63) is 53.1 Å². The molecule has 2 aromatic carbocycles. The van der Waals surface area contributed by atoms with Crippen LogP contribution < -0.4 is 14.2 Å². The predicted molar refractivity (Wildman–Crippen MR) is 90.2 cm³/mol. The summed E-state index contributed by atoms with van der Waals surface area (Å²) in [5, 5.41) is 0. The van der Waals surface area contributed by atoms with E-state index in [1.54, 1.807) is 0 Å². The minimum atomic E-state index is -0.0550. The smallest absolute Gasteiger partial charge is 0.165 e. The number of carbonyl (C=O) groups excluding carboxylic acids is 1. The zero-order chi connectivity index (χ0) is 16.5. The van der Waals surface area contributed by atoms with Crippen molar-refractivity contribution >= 4 is 5.78 Å². The van der Waals surface area contributed by atoms with Crippen LogP contribution in [0.25, 0.3) is 0 Å². The van der Waals surface area contributed by atoms with E-state index in [0.29, 0.717) is 32.7 Å². The number of hydrogen-bond acceptors (Lipinski definition) is 4. The first-order valence-corrected chi connectivity index (χ1v) is 8.42. The summed E-state index contributed by atoms with van der Waals surface area (Å²) < 4.78 is 17.5. The van der Waals surface area contributed by atoms with Crippen molar-refractivity contribution in [3.8, 4) is 17.2 Å². The summed E-state index contributed by atoms with van der Waals surface area (Å²) in [6.07, 6.45) is 0.927. The number of ketones is 1. The van der Waals surface area contributed by atoms with Crippen molar-refractivity contribution in [2.45, 2.75) is 25.7 Å². The van der Waals surface area contributed by atoms with Gasteiger partial charge in [0.25, 0.3) is 0 Å². The molecule has 1 atom stereocenters. The lowest BCUT2D eigenvalue weighted by atomic mass is 9.77. The minimum absolute atomic E-state index is 0.0550. The lowest BCUT2D eigenvalue weighted by Crippen LogP contribution is -2.24. The molecule has 0 radical (unpaired) electrons. The molecule has 4 heteroatoms. The Bertz CT molecular complexity index is 781. The molecular weight excluding hydrogens is 304 g/mol. The van der Waals surface area contributed by atoms with Gasteiger partial charge in [-0.3, -0.25) is 4.79 Å². The number of benzene rings is 2. The van der Waals surface area contributed by atoms with Crippen LogP contribution in [0.5, 0.6) is 17.2 Å². The Balaban J connectivity index is 1.88. The van der Waals surface area contributed by atoms with Gasteiger partial charge in [0.15, 0.2) is 11.5 Å². The fourth-order valence-electron chi connectivity index (χ4n) is 3.65. The van der Waals surface area contributed by atoms with E-state index in [-0.39, 0.29) is 11.7 Å². The van der Waals surface area contributed by atoms with Crippen LogP contribution in [0.3, 0.4) is 0 Å². The van der Waals surface area contributed by atoms with E-state index < -0.39 is 0 Å². The van der Waals surface area contributed by atoms with Gasteiger partial charge in [-0.1, -0.05) is 24.3 Å². The van der Waals surface area contributed by atoms with E-state index in [0.717, 1.165) is 33.9 Å². The molecule has 0 bridgehead atoms. The van der Waals surface area contributed by atoms with Gasteiger partial charge in [-0.05, 0) is 24.6 Å². The van der Waals surface area contributed by atoms with Crippen LogP contribution in [-0.4, -0.2) is 25.6 Å². The summed E-state index contributed by atoms with van der Waals surface area (Å²) in [6, 6.07) is 11.9. The normalized spacial score (nSPS) is 18.9. The van der Waals surface area contributed by atoms with Crippen molar-refractivity contribution in [1.82, 2.24) is 0 Å². The Labute approximate surface area is 141 Å². The van der Waals surface area contributed by atoms with Crippen LogP contribution >= 0.6 is 0 Å². The molecule has 0 amide bonds. The van der Waals surface area contributed by atoms with Gasteiger partial charge in [-0.2, -0.15) is 0 Å². The van der Waals surface area contributed by atoms with Crippen molar-refractivity contribution in [2.24, 2.45) is 0 Å². The molecule has 1 aliphatic heterocycles. The van der Waals surface area contributed by atoms with Gasteiger partial charge >= 0.3 is 0 Å². The average molecular weight is 324 g/mol. The molecular formula is C20H20O4. The summed E-state index contributed by atoms with van der Waals surface area (Å²) >= 11 is 0. The number of rotatable bonds is 3. The van der Waals surface area contributed by atoms with Gasteiger partial charge in [-0.25, -0.2) is 0 Å². The second-order valence-electron chi connectivity index (χ2n) is 6.11. The standard InChI is InChI=1S/C20H20O4/c1-2-22-17-6-4-3-5-15(17)16-12-14(21)11-13-7-8-18-20(19(13)16)24-10-9-23-18/h3-8,16H,2,9-12H2,1H3. The fraction of sp³-hybridized carbons (Fsp3) is 0.350. The summed E-state index contributed by atoms with van der Waals surface area (Å²) in [5.41, 5.74) is 3.15. The first-order valence-electron chi connectivity index (χ1n) is 8.42. The van der Waals surface area contributed by atoms with E-state index in [1.807, 2.05) is 43.3 Å². The lowest BCUT2D eigenvalue weighted by molar-refractivity contribution is -0.119. The second-order valence-corrected chi connectivity index (χ2v) is 6.11. The molecule has 124 valence electrons. The number of ether oxygens (including phenoxy) is 3. The second kappa shape index (κ2) is 6.19. The maximum atomic E-state index is 12.3. The zero-order valence-corrected chi connectivity index (χ0v) is 13.7. The Hall–Kier alpha value is -2.49. The van der Waals surface area contributed by atoms with Crippen LogP contribution in [0, 0.1) is 0 Å². The third kappa shape index (κ3) is 2.52. The Kier molecular flexibility index (Phi) is 3.89. The maximum Gasteiger partial charge on any atom is 0.165 e. The third-order valence-electron chi connectivity index (χ3n) is 4.60. The van der Waals surface area contributed by atoms with Crippen molar-refractivity contribution in [3.63, 3.8) is 0 Å². The number of hydrogen-bond donors (Lipinski definition) is 0. The summed E-state index contributed by atoms with van der Waals surface area (Å²) in [5.74, 6) is 2.59. The highest BCUT2D eigenvalue weighted by molar-refractivity contribution is 5.86. The highest BCUT2D eigenvalue weighted by Gasteiger charge is 2.33. The predicted octanol–water partition coefficient (Wildman–Crippen LogP) is 3.50. The molecule has 4 rings (SSSR count). The van der Waals surface area contributed by atoms with Crippen molar-refractivity contribution in [2.75, 3.05) is 19.8 Å². The molecule has 1 heterocycles. The molecule has 0 N–H and O–H groups in total. The molecule has 0 saturated carbocycles. The molecule has 1 unspecified atom stereocenters. The zero-order valence-electron chi connectivity index (χ0n) is 13.7. The molecule has 0 saturated heterocycles. The maximum absolute atomic E-state index is 12.3. The van der Waals surface area contributed by atoms with Crippen LogP contribution in [0.15, 0.2) is 36.4 Å². The van der Waals surface area contributed by atoms with Crippen LogP contribution in [-0.2, 0) is 11.2 Å². The first kappa shape index (κ1) is 15.1. The van der Waals surface area contributed by atoms with Gasteiger partial charge in [0.1, 0.15) is 24.7 Å². The highest BCUT2D eigenvalue weighted by atomic mass is 16.6. The molecule has 0 spiro atoms. The highest BCUT2D eigenvalue weighted by Crippen LogP contribution is 2.47. The number of Topliss-reactive ketones (excluding diaryl/α,β-unsaturated/α-hetero) is 1. The van der Waals surface area contributed by atoms with Gasteiger partial charge in [0.2, 0.25) is 0 Å². The largest absolute Gasteiger partial charge is 0.494 e. The topological polar surface area (TPSA) is 44.8 Å².